The van der Waals surface area contributed by atoms with Crippen LogP contribution in [0.3, 0.4) is 0 Å². The van der Waals surface area contributed by atoms with Gasteiger partial charge < -0.3 is 36.3 Å². The Balaban J connectivity index is 0.000000340. The molecule has 6 N–H and O–H groups in total. The Morgan fingerprint density at radius 2 is 1.00 bits per heavy atom. The van der Waals surface area contributed by atoms with Crippen molar-refractivity contribution in [3.05, 3.63) is 148 Å². The molecule has 4 aromatic carbocycles. The van der Waals surface area contributed by atoms with Gasteiger partial charge in [0.05, 0.1) is 50.9 Å². The van der Waals surface area contributed by atoms with Gasteiger partial charge in [0, 0.05) is 46.1 Å². The summed E-state index contributed by atoms with van der Waals surface area (Å²) < 4.78 is 9.56. The van der Waals surface area contributed by atoms with Crippen LogP contribution in [0, 0.1) is 10.8 Å². The number of rotatable bonds is 23. The molecule has 3 amide bonds. The van der Waals surface area contributed by atoms with Crippen molar-refractivity contribution in [2.45, 2.75) is 115 Å². The molecule has 0 spiro atoms. The maximum atomic E-state index is 13.4. The van der Waals surface area contributed by atoms with Crippen molar-refractivity contribution in [3.63, 3.8) is 0 Å². The molecule has 0 bridgehead atoms. The first-order chi connectivity index (χ1) is 36.9. The SMILES string of the molecule is COC(=O)[C@@H](N)Cc1ccc(NC(=O)c2c(Cl)cccc2Cl)cc1.COC(=O)[C@H](Cc1ccc(NC(=O)c2c(Cl)cccc2Cl)cc1)NC(=O)C1(CCCCN=[N+]=[N-])CCCC1.Cl.[N-]=[N+]=NCCCCC1(C(=O)O)CCCC1. The van der Waals surface area contributed by atoms with Crippen molar-refractivity contribution in [1.82, 2.24) is 5.32 Å². The molecule has 19 nitrogen and oxygen atoms in total. The van der Waals surface area contributed by atoms with E-state index in [1.54, 1.807) is 84.9 Å². The summed E-state index contributed by atoms with van der Waals surface area (Å²) in [6.45, 7) is 0.882. The third-order valence-corrected chi connectivity index (χ3v) is 14.8. The predicted octanol–water partition coefficient (Wildman–Crippen LogP) is 13.3. The number of carboxylic acid groups (broad SMARTS) is 1. The molecule has 420 valence electrons. The molecule has 2 saturated carbocycles. The number of anilines is 2. The lowest BCUT2D eigenvalue weighted by Crippen LogP contribution is -2.49. The summed E-state index contributed by atoms with van der Waals surface area (Å²) in [6.07, 6.45) is 12.2. The number of nitrogens with two attached hydrogens (primary N) is 1. The topological polar surface area (TPSA) is 301 Å². The molecule has 0 aromatic heterocycles. The number of hydrogen-bond donors (Lipinski definition) is 5. The zero-order valence-electron chi connectivity index (χ0n) is 43.4. The maximum absolute atomic E-state index is 13.4. The van der Waals surface area contributed by atoms with E-state index in [9.17, 15) is 33.9 Å². The monoisotopic (exact) mass is 1170 g/mol. The van der Waals surface area contributed by atoms with Crippen LogP contribution in [0.4, 0.5) is 11.4 Å². The van der Waals surface area contributed by atoms with E-state index in [0.29, 0.717) is 43.7 Å². The first-order valence-corrected chi connectivity index (χ1v) is 26.6. The second kappa shape index (κ2) is 33.9. The number of halogens is 5. The minimum absolute atomic E-state index is 0. The fraction of sp³-hybridized carbons (Fsp3) is 0.444. The molecule has 0 unspecified atom stereocenters. The van der Waals surface area contributed by atoms with Crippen molar-refractivity contribution in [2.24, 2.45) is 26.8 Å². The molecular weight excluding hydrogens is 1110 g/mol. The average molecular weight is 1180 g/mol. The highest BCUT2D eigenvalue weighted by atomic mass is 35.5. The van der Waals surface area contributed by atoms with Gasteiger partial charge in [-0.15, -0.1) is 12.4 Å². The molecule has 24 heteroatoms. The minimum atomic E-state index is -0.851. The largest absolute Gasteiger partial charge is 0.481 e. The number of carboxylic acids is 1. The van der Waals surface area contributed by atoms with Crippen LogP contribution >= 0.6 is 58.8 Å². The fourth-order valence-corrected chi connectivity index (χ4v) is 10.4. The number of aliphatic carboxylic acids is 1. The lowest BCUT2D eigenvalue weighted by atomic mass is 9.79. The van der Waals surface area contributed by atoms with Crippen molar-refractivity contribution in [3.8, 4) is 0 Å². The third-order valence-electron chi connectivity index (χ3n) is 13.5. The van der Waals surface area contributed by atoms with E-state index in [1.165, 1.54) is 14.2 Å². The molecule has 0 heterocycles. The maximum Gasteiger partial charge on any atom is 0.328 e. The van der Waals surface area contributed by atoms with Crippen molar-refractivity contribution in [1.29, 1.82) is 0 Å². The van der Waals surface area contributed by atoms with Gasteiger partial charge in [-0.25, -0.2) is 4.79 Å². The Hall–Kier alpha value is -6.27. The Labute approximate surface area is 479 Å². The summed E-state index contributed by atoms with van der Waals surface area (Å²) in [4.78, 5) is 78.8. The number of unbranched alkanes of at least 4 members (excludes halogenated alkanes) is 2. The highest BCUT2D eigenvalue weighted by molar-refractivity contribution is 6.41. The van der Waals surface area contributed by atoms with Crippen LogP contribution in [0.1, 0.15) is 122 Å². The number of azide groups is 2. The van der Waals surface area contributed by atoms with Gasteiger partial charge in [0.15, 0.2) is 0 Å². The van der Waals surface area contributed by atoms with Gasteiger partial charge in [0.2, 0.25) is 5.91 Å². The number of nitrogens with one attached hydrogen (secondary N) is 3. The number of hydrogen-bond acceptors (Lipinski definition) is 11. The van der Waals surface area contributed by atoms with Crippen LogP contribution in [0.15, 0.2) is 95.2 Å². The van der Waals surface area contributed by atoms with Crippen molar-refractivity contribution in [2.75, 3.05) is 37.9 Å². The predicted molar refractivity (Wildman–Crippen MR) is 305 cm³/mol. The first-order valence-electron chi connectivity index (χ1n) is 25.1. The smallest absolute Gasteiger partial charge is 0.328 e. The van der Waals surface area contributed by atoms with Crippen LogP contribution in [0.2, 0.25) is 20.1 Å². The summed E-state index contributed by atoms with van der Waals surface area (Å²) in [6, 6.07) is 22.0. The van der Waals surface area contributed by atoms with Crippen molar-refractivity contribution < 1.29 is 43.3 Å². The van der Waals surface area contributed by atoms with Crippen LogP contribution < -0.4 is 21.7 Å². The summed E-state index contributed by atoms with van der Waals surface area (Å²) in [5.41, 5.74) is 24.4. The van der Waals surface area contributed by atoms with E-state index in [2.05, 4.69) is 40.7 Å². The normalized spacial score (nSPS) is 14.3. The summed E-state index contributed by atoms with van der Waals surface area (Å²) >= 11 is 24.3. The number of carbonyl (C=O) groups excluding carboxylic acids is 5. The van der Waals surface area contributed by atoms with Crippen molar-refractivity contribution >= 4 is 106 Å². The van der Waals surface area contributed by atoms with Crippen LogP contribution in [0.25, 0.3) is 20.9 Å². The molecule has 78 heavy (non-hydrogen) atoms. The van der Waals surface area contributed by atoms with E-state index in [4.69, 9.17) is 67.9 Å². The second-order valence-corrected chi connectivity index (χ2v) is 20.3. The third kappa shape index (κ3) is 20.2. The lowest BCUT2D eigenvalue weighted by Gasteiger charge is -2.30. The molecule has 0 saturated heterocycles. The van der Waals surface area contributed by atoms with E-state index in [-0.39, 0.29) is 56.0 Å². The number of ether oxygens (including phenoxy) is 2. The van der Waals surface area contributed by atoms with Crippen LogP contribution in [-0.4, -0.2) is 80.1 Å². The number of nitrogens with zero attached hydrogens (tertiary/aromatic N) is 6. The van der Waals surface area contributed by atoms with Gasteiger partial charge in [-0.05, 0) is 129 Å². The fourth-order valence-electron chi connectivity index (χ4n) is 9.28. The molecule has 0 radical (unpaired) electrons. The second-order valence-electron chi connectivity index (χ2n) is 18.7. The zero-order valence-corrected chi connectivity index (χ0v) is 47.2. The van der Waals surface area contributed by atoms with E-state index >= 15 is 0 Å². The number of benzene rings is 4. The molecule has 2 atom stereocenters. The minimum Gasteiger partial charge on any atom is -0.481 e. The Morgan fingerprint density at radius 1 is 0.615 bits per heavy atom. The van der Waals surface area contributed by atoms with Gasteiger partial charge in [-0.3, -0.25) is 24.0 Å². The lowest BCUT2D eigenvalue weighted by molar-refractivity contribution is -0.149. The Kier molecular flexibility index (Phi) is 28.7. The van der Waals surface area contributed by atoms with Gasteiger partial charge in [-0.1, -0.05) is 132 Å². The number of methoxy groups -OCH3 is 2. The molecule has 2 fully saturated rings. The van der Waals surface area contributed by atoms with Gasteiger partial charge in [-0.2, -0.15) is 0 Å². The zero-order chi connectivity index (χ0) is 56.4. The summed E-state index contributed by atoms with van der Waals surface area (Å²) in [5.74, 6) is -2.63. The average Bonchev–Trinajstić information content (AvgIpc) is 4.11. The van der Waals surface area contributed by atoms with Gasteiger partial charge in [0.1, 0.15) is 12.1 Å². The molecule has 0 aliphatic heterocycles. The highest BCUT2D eigenvalue weighted by Gasteiger charge is 2.42. The quantitative estimate of drug-likeness (QED) is 0.0154. The van der Waals surface area contributed by atoms with E-state index < -0.39 is 52.6 Å². The Bertz CT molecular complexity index is 2710. The Morgan fingerprint density at radius 3 is 1.38 bits per heavy atom. The molecule has 2 aliphatic carbocycles. The molecule has 6 rings (SSSR count). The molecular formula is C54H65Cl5N10O9. The first kappa shape index (κ1) is 66.0. The van der Waals surface area contributed by atoms with Crippen LogP contribution in [-0.2, 0) is 41.5 Å². The standard InChI is InChI=1S/C27H31Cl2N5O4.C17H16Cl2N2O3.C10H17N3O2.ClH/c1-38-25(36)22(33-26(37)27(13-2-3-14-27)15-4-5-16-31-34-30)17-18-9-11-19(12-10-18)32-24(35)23-20(28)7-6-8-21(23)29;1-24-17(23)14(20)9-10-5-7-11(8-6-10)21-16(22)15-12(18)3-2-4-13(15)19;11-13-12-8-4-3-7-10(9(14)15)5-1-2-6-10;/h6-12,22H,2-5,13-17H2,1H3,(H,32,35)(H,33,37);2-8,14H,9,20H2,1H3,(H,21,22);1-8H2,(H,14,15);1H/t22-;14-;;/m00../s1. The number of carbonyl (C=O) groups is 6. The number of amides is 3. The van der Waals surface area contributed by atoms with Crippen LogP contribution in [0.5, 0.6) is 0 Å². The van der Waals surface area contributed by atoms with Gasteiger partial charge in [0.25, 0.3) is 11.8 Å². The number of esters is 2. The summed E-state index contributed by atoms with van der Waals surface area (Å²) in [5, 5.41) is 25.7. The summed E-state index contributed by atoms with van der Waals surface area (Å²) in [7, 11) is 2.58. The highest BCUT2D eigenvalue weighted by Crippen LogP contribution is 2.44. The van der Waals surface area contributed by atoms with Gasteiger partial charge >= 0.3 is 17.9 Å². The molecule has 2 aliphatic rings. The van der Waals surface area contributed by atoms with E-state index in [0.717, 1.165) is 88.2 Å². The molecule has 4 aromatic rings. The van der Waals surface area contributed by atoms with E-state index in [1.807, 2.05) is 0 Å².